The number of benzene rings is 1. The Morgan fingerprint density at radius 1 is 1.12 bits per heavy atom. The van der Waals surface area contributed by atoms with E-state index in [2.05, 4.69) is 0 Å². The summed E-state index contributed by atoms with van der Waals surface area (Å²) in [5.41, 5.74) is 0. The minimum absolute atomic E-state index is 0.0241. The van der Waals surface area contributed by atoms with E-state index in [1.807, 2.05) is 38.1 Å². The average molecular weight is 345 g/mol. The van der Waals surface area contributed by atoms with Crippen LogP contribution in [-0.2, 0) is 11.3 Å². The minimum Gasteiger partial charge on any atom is -0.493 e. The monoisotopic (exact) mass is 345 g/mol. The number of carbonyl (C=O) groups excluding carboxylic acids is 1. The molecule has 0 unspecified atom stereocenters. The van der Waals surface area contributed by atoms with Gasteiger partial charge in [0.2, 0.25) is 0 Å². The van der Waals surface area contributed by atoms with Gasteiger partial charge >= 0.3 is 0 Å². The van der Waals surface area contributed by atoms with E-state index in [9.17, 15) is 4.79 Å². The van der Waals surface area contributed by atoms with E-state index in [0.717, 1.165) is 0 Å². The number of carbonyl (C=O) groups is 1. The molecule has 1 aromatic carbocycles. The first kappa shape index (κ1) is 17.4. The van der Waals surface area contributed by atoms with Crippen LogP contribution in [0.2, 0.25) is 0 Å². The predicted molar refractivity (Wildman–Crippen MR) is 91.9 cm³/mol. The highest BCUT2D eigenvalue weighted by Gasteiger charge is 2.28. The molecule has 6 heteroatoms. The molecule has 1 aromatic heterocycles. The van der Waals surface area contributed by atoms with Crippen LogP contribution in [0.4, 0.5) is 0 Å². The molecule has 0 N–H and O–H groups in total. The van der Waals surface area contributed by atoms with Crippen LogP contribution in [0.5, 0.6) is 11.5 Å². The predicted octanol–water partition coefficient (Wildman–Crippen LogP) is 3.12. The molecule has 134 valence electrons. The van der Waals surface area contributed by atoms with E-state index in [4.69, 9.17) is 18.6 Å². The average Bonchev–Trinajstić information content (AvgIpc) is 3.07. The molecule has 6 nitrogen and oxygen atoms in total. The van der Waals surface area contributed by atoms with E-state index >= 15 is 0 Å². The van der Waals surface area contributed by atoms with Crippen LogP contribution >= 0.6 is 0 Å². The molecule has 0 spiro atoms. The lowest BCUT2D eigenvalue weighted by Gasteiger charge is -2.34. The molecular formula is C19H23NO5. The highest BCUT2D eigenvalue weighted by atomic mass is 16.5. The van der Waals surface area contributed by atoms with Gasteiger partial charge in [0.25, 0.3) is 5.91 Å². The summed E-state index contributed by atoms with van der Waals surface area (Å²) in [7, 11) is 1.59. The topological polar surface area (TPSA) is 61.1 Å². The van der Waals surface area contributed by atoms with Gasteiger partial charge in [0.1, 0.15) is 12.4 Å². The number of hydrogen-bond acceptors (Lipinski definition) is 5. The largest absolute Gasteiger partial charge is 0.493 e. The first-order valence-electron chi connectivity index (χ1n) is 8.36. The van der Waals surface area contributed by atoms with Gasteiger partial charge in [-0.25, -0.2) is 0 Å². The van der Waals surface area contributed by atoms with Gasteiger partial charge in [0.05, 0.1) is 19.3 Å². The fourth-order valence-electron chi connectivity index (χ4n) is 2.96. The molecule has 25 heavy (non-hydrogen) atoms. The van der Waals surface area contributed by atoms with E-state index < -0.39 is 0 Å². The highest BCUT2D eigenvalue weighted by molar-refractivity contribution is 5.91. The Bertz CT molecular complexity index is 716. The van der Waals surface area contributed by atoms with Crippen molar-refractivity contribution in [2.24, 2.45) is 0 Å². The Morgan fingerprint density at radius 3 is 2.48 bits per heavy atom. The fraction of sp³-hybridized carbons (Fsp3) is 0.421. The summed E-state index contributed by atoms with van der Waals surface area (Å²) in [4.78, 5) is 14.4. The van der Waals surface area contributed by atoms with Crippen molar-refractivity contribution in [2.75, 3.05) is 20.2 Å². The number of rotatable bonds is 5. The van der Waals surface area contributed by atoms with Crippen molar-refractivity contribution in [3.8, 4) is 11.5 Å². The summed E-state index contributed by atoms with van der Waals surface area (Å²) in [5, 5.41) is 0. The van der Waals surface area contributed by atoms with Gasteiger partial charge in [0, 0.05) is 13.1 Å². The summed E-state index contributed by atoms with van der Waals surface area (Å²) in [6, 6.07) is 10.8. The van der Waals surface area contributed by atoms with Gasteiger partial charge < -0.3 is 23.5 Å². The number of hydrogen-bond donors (Lipinski definition) is 0. The van der Waals surface area contributed by atoms with Gasteiger partial charge in [-0.1, -0.05) is 12.1 Å². The third-order valence-corrected chi connectivity index (χ3v) is 4.02. The molecule has 2 aromatic rings. The van der Waals surface area contributed by atoms with Crippen LogP contribution in [0.1, 0.15) is 30.2 Å². The third-order valence-electron chi connectivity index (χ3n) is 4.02. The molecule has 1 aliphatic heterocycles. The molecular weight excluding hydrogens is 322 g/mol. The zero-order valence-corrected chi connectivity index (χ0v) is 14.7. The molecule has 2 heterocycles. The van der Waals surface area contributed by atoms with Crippen LogP contribution in [0.25, 0.3) is 0 Å². The standard InChI is InChI=1S/C19H23NO5/c1-13-10-20(11-14(2)24-13)19(21)18-9-8-15(25-18)12-23-17-7-5-4-6-16(17)22-3/h4-9,13-14H,10-12H2,1-3H3/t13-,14-/m0/s1. The molecule has 0 bridgehead atoms. The van der Waals surface area contributed by atoms with E-state index in [1.54, 1.807) is 24.1 Å². The molecule has 3 rings (SSSR count). The van der Waals surface area contributed by atoms with Crippen molar-refractivity contribution in [1.29, 1.82) is 0 Å². The Balaban J connectivity index is 1.63. The molecule has 0 radical (unpaired) electrons. The third kappa shape index (κ3) is 4.14. The van der Waals surface area contributed by atoms with Crippen LogP contribution in [0, 0.1) is 0 Å². The summed E-state index contributed by atoms with van der Waals surface area (Å²) in [6.45, 7) is 5.28. The maximum Gasteiger partial charge on any atom is 0.289 e. The van der Waals surface area contributed by atoms with Crippen LogP contribution in [0.15, 0.2) is 40.8 Å². The first-order valence-corrected chi connectivity index (χ1v) is 8.36. The minimum atomic E-state index is -0.120. The maximum absolute atomic E-state index is 12.6. The van der Waals surface area contributed by atoms with Crippen molar-refractivity contribution in [3.05, 3.63) is 47.9 Å². The van der Waals surface area contributed by atoms with Crippen LogP contribution in [-0.4, -0.2) is 43.2 Å². The molecule has 1 fully saturated rings. The normalized spacial score (nSPS) is 20.4. The second-order valence-corrected chi connectivity index (χ2v) is 6.17. The van der Waals surface area contributed by atoms with Crippen molar-refractivity contribution in [2.45, 2.75) is 32.7 Å². The quantitative estimate of drug-likeness (QED) is 0.833. The van der Waals surface area contributed by atoms with Gasteiger partial charge in [-0.2, -0.15) is 0 Å². The molecule has 1 saturated heterocycles. The van der Waals surface area contributed by atoms with Gasteiger partial charge in [-0.05, 0) is 38.1 Å². The molecule has 1 aliphatic rings. The summed E-state index contributed by atoms with van der Waals surface area (Å²) >= 11 is 0. The number of morpholine rings is 1. The zero-order valence-electron chi connectivity index (χ0n) is 14.7. The van der Waals surface area contributed by atoms with E-state index in [1.165, 1.54) is 0 Å². The summed E-state index contributed by atoms with van der Waals surface area (Å²) < 4.78 is 22.3. The lowest BCUT2D eigenvalue weighted by atomic mass is 10.2. The Hall–Kier alpha value is -2.47. The Morgan fingerprint density at radius 2 is 1.80 bits per heavy atom. The highest BCUT2D eigenvalue weighted by Crippen LogP contribution is 2.27. The second-order valence-electron chi connectivity index (χ2n) is 6.17. The number of para-hydroxylation sites is 2. The number of methoxy groups -OCH3 is 1. The fourth-order valence-corrected chi connectivity index (χ4v) is 2.96. The second kappa shape index (κ2) is 7.61. The zero-order chi connectivity index (χ0) is 17.8. The van der Waals surface area contributed by atoms with Gasteiger partial charge in [-0.15, -0.1) is 0 Å². The number of nitrogens with zero attached hydrogens (tertiary/aromatic N) is 1. The maximum atomic E-state index is 12.6. The molecule has 2 atom stereocenters. The number of ether oxygens (including phenoxy) is 3. The van der Waals surface area contributed by atoms with Gasteiger partial charge in [0.15, 0.2) is 17.3 Å². The molecule has 1 amide bonds. The molecule has 0 saturated carbocycles. The van der Waals surface area contributed by atoms with Crippen molar-refractivity contribution in [1.82, 2.24) is 4.90 Å². The van der Waals surface area contributed by atoms with Crippen molar-refractivity contribution >= 4 is 5.91 Å². The number of furan rings is 1. The summed E-state index contributed by atoms with van der Waals surface area (Å²) in [6.07, 6.45) is 0.0482. The first-order chi connectivity index (χ1) is 12.1. The van der Waals surface area contributed by atoms with Crippen molar-refractivity contribution in [3.63, 3.8) is 0 Å². The Kier molecular flexibility index (Phi) is 5.28. The van der Waals surface area contributed by atoms with E-state index in [-0.39, 0.29) is 24.7 Å². The lowest BCUT2D eigenvalue weighted by molar-refractivity contribution is -0.0592. The summed E-state index contributed by atoms with van der Waals surface area (Å²) in [5.74, 6) is 2.07. The lowest BCUT2D eigenvalue weighted by Crippen LogP contribution is -2.48. The number of amides is 1. The van der Waals surface area contributed by atoms with Crippen LogP contribution in [0.3, 0.4) is 0 Å². The Labute approximate surface area is 147 Å². The van der Waals surface area contributed by atoms with Crippen LogP contribution < -0.4 is 9.47 Å². The SMILES string of the molecule is COc1ccccc1OCc1ccc(C(=O)N2C[C@H](C)O[C@@H](C)C2)o1. The molecule has 0 aliphatic carbocycles. The van der Waals surface area contributed by atoms with Crippen molar-refractivity contribution < 1.29 is 23.4 Å². The smallest absolute Gasteiger partial charge is 0.289 e. The van der Waals surface area contributed by atoms with Gasteiger partial charge in [-0.3, -0.25) is 4.79 Å². The van der Waals surface area contributed by atoms with E-state index in [0.29, 0.717) is 36.1 Å².